The van der Waals surface area contributed by atoms with Gasteiger partial charge in [-0.2, -0.15) is 10.4 Å². The molecule has 0 bridgehead atoms. The van der Waals surface area contributed by atoms with E-state index in [-0.39, 0.29) is 5.54 Å². The number of aromatic nitrogens is 2. The minimum Gasteiger partial charge on any atom is -0.294 e. The number of nitriles is 1. The number of hydrogen-bond acceptors (Lipinski definition) is 3. The van der Waals surface area contributed by atoms with Crippen molar-refractivity contribution in [3.8, 4) is 6.07 Å². The highest BCUT2D eigenvalue weighted by Crippen LogP contribution is 2.31. The molecular formula is C10H14N4. The summed E-state index contributed by atoms with van der Waals surface area (Å²) in [6.07, 6.45) is 4.88. The number of rotatable bonds is 3. The second-order valence-electron chi connectivity index (χ2n) is 3.85. The van der Waals surface area contributed by atoms with E-state index in [9.17, 15) is 0 Å². The zero-order valence-corrected chi connectivity index (χ0v) is 8.32. The Morgan fingerprint density at radius 3 is 2.93 bits per heavy atom. The van der Waals surface area contributed by atoms with E-state index < -0.39 is 0 Å². The van der Waals surface area contributed by atoms with Crippen LogP contribution in [0.25, 0.3) is 0 Å². The highest BCUT2D eigenvalue weighted by atomic mass is 15.3. The molecule has 1 saturated carbocycles. The monoisotopic (exact) mass is 190 g/mol. The van der Waals surface area contributed by atoms with Crippen LogP contribution < -0.4 is 5.32 Å². The van der Waals surface area contributed by atoms with Crippen molar-refractivity contribution in [1.82, 2.24) is 15.1 Å². The largest absolute Gasteiger partial charge is 0.294 e. The summed E-state index contributed by atoms with van der Waals surface area (Å²) >= 11 is 0. The summed E-state index contributed by atoms with van der Waals surface area (Å²) in [6, 6.07) is 4.33. The molecule has 1 fully saturated rings. The zero-order valence-electron chi connectivity index (χ0n) is 8.32. The Labute approximate surface area is 83.5 Å². The molecule has 4 heteroatoms. The van der Waals surface area contributed by atoms with E-state index in [1.54, 1.807) is 6.20 Å². The lowest BCUT2D eigenvalue weighted by Gasteiger charge is -2.36. The van der Waals surface area contributed by atoms with E-state index in [0.717, 1.165) is 31.5 Å². The van der Waals surface area contributed by atoms with E-state index in [1.165, 1.54) is 0 Å². The van der Waals surface area contributed by atoms with Gasteiger partial charge in [-0.1, -0.05) is 0 Å². The maximum Gasteiger partial charge on any atom is 0.107 e. The lowest BCUT2D eigenvalue weighted by Crippen LogP contribution is -2.49. The van der Waals surface area contributed by atoms with E-state index in [4.69, 9.17) is 5.26 Å². The molecule has 0 aromatic carbocycles. The van der Waals surface area contributed by atoms with Crippen molar-refractivity contribution in [1.29, 1.82) is 5.26 Å². The molecule has 74 valence electrons. The van der Waals surface area contributed by atoms with Gasteiger partial charge in [-0.25, -0.2) is 0 Å². The number of nitrogens with one attached hydrogen (secondary N) is 1. The quantitative estimate of drug-likeness (QED) is 0.772. The van der Waals surface area contributed by atoms with Crippen LogP contribution >= 0.6 is 0 Å². The fourth-order valence-corrected chi connectivity index (χ4v) is 1.69. The van der Waals surface area contributed by atoms with Crippen LogP contribution in [0.3, 0.4) is 0 Å². The Balaban J connectivity index is 1.95. The summed E-state index contributed by atoms with van der Waals surface area (Å²) in [7, 11) is 1.91. The molecule has 0 unspecified atom stereocenters. The van der Waals surface area contributed by atoms with Crippen LogP contribution in [-0.4, -0.2) is 15.3 Å². The smallest absolute Gasteiger partial charge is 0.107 e. The first-order valence-corrected chi connectivity index (χ1v) is 4.89. The minimum atomic E-state index is -0.260. The molecule has 0 saturated heterocycles. The van der Waals surface area contributed by atoms with Crippen molar-refractivity contribution in [2.45, 2.75) is 31.3 Å². The van der Waals surface area contributed by atoms with E-state index in [1.807, 2.05) is 17.8 Å². The first kappa shape index (κ1) is 9.22. The molecule has 0 amide bonds. The molecule has 1 aliphatic rings. The van der Waals surface area contributed by atoms with Gasteiger partial charge in [-0.3, -0.25) is 10.00 Å². The third-order valence-corrected chi connectivity index (χ3v) is 2.95. The van der Waals surface area contributed by atoms with E-state index in [0.29, 0.717) is 0 Å². The van der Waals surface area contributed by atoms with Crippen LogP contribution in [0.15, 0.2) is 12.3 Å². The minimum absolute atomic E-state index is 0.260. The molecule has 1 heterocycles. The van der Waals surface area contributed by atoms with Crippen molar-refractivity contribution >= 4 is 0 Å². The molecule has 0 spiro atoms. The summed E-state index contributed by atoms with van der Waals surface area (Å²) in [6.45, 7) is 0.726. The maximum absolute atomic E-state index is 9.00. The standard InChI is InChI=1S/C10H14N4/c1-14-9(3-6-13-14)7-12-10(8-11)4-2-5-10/h3,6,12H,2,4-5,7H2,1H3. The Morgan fingerprint density at radius 1 is 1.71 bits per heavy atom. The maximum atomic E-state index is 9.00. The molecular weight excluding hydrogens is 176 g/mol. The molecule has 0 radical (unpaired) electrons. The molecule has 1 aromatic rings. The topological polar surface area (TPSA) is 53.6 Å². The second-order valence-corrected chi connectivity index (χ2v) is 3.85. The first-order valence-electron chi connectivity index (χ1n) is 4.89. The van der Waals surface area contributed by atoms with Crippen molar-refractivity contribution in [3.05, 3.63) is 18.0 Å². The van der Waals surface area contributed by atoms with Crippen molar-refractivity contribution in [2.24, 2.45) is 7.05 Å². The highest BCUT2D eigenvalue weighted by molar-refractivity contribution is 5.14. The van der Waals surface area contributed by atoms with Crippen LogP contribution in [0, 0.1) is 11.3 Å². The average molecular weight is 190 g/mol. The van der Waals surface area contributed by atoms with Crippen LogP contribution in [0.4, 0.5) is 0 Å². The van der Waals surface area contributed by atoms with Gasteiger partial charge in [-0.05, 0) is 25.3 Å². The third-order valence-electron chi connectivity index (χ3n) is 2.95. The number of nitrogens with zero attached hydrogens (tertiary/aromatic N) is 3. The highest BCUT2D eigenvalue weighted by Gasteiger charge is 2.36. The van der Waals surface area contributed by atoms with Gasteiger partial charge in [0, 0.05) is 19.8 Å². The molecule has 2 rings (SSSR count). The van der Waals surface area contributed by atoms with Crippen LogP contribution in [0.5, 0.6) is 0 Å². The Kier molecular flexibility index (Phi) is 2.26. The van der Waals surface area contributed by atoms with Gasteiger partial charge in [0.25, 0.3) is 0 Å². The number of hydrogen-bond donors (Lipinski definition) is 1. The number of aryl methyl sites for hydroxylation is 1. The second kappa shape index (κ2) is 3.43. The predicted molar refractivity (Wildman–Crippen MR) is 52.2 cm³/mol. The van der Waals surface area contributed by atoms with Crippen LogP contribution in [-0.2, 0) is 13.6 Å². The molecule has 1 aromatic heterocycles. The van der Waals surface area contributed by atoms with Gasteiger partial charge in [0.05, 0.1) is 11.8 Å². The van der Waals surface area contributed by atoms with Gasteiger partial charge < -0.3 is 0 Å². The van der Waals surface area contributed by atoms with Gasteiger partial charge in [-0.15, -0.1) is 0 Å². The van der Waals surface area contributed by atoms with E-state index in [2.05, 4.69) is 16.5 Å². The van der Waals surface area contributed by atoms with Crippen LogP contribution in [0.2, 0.25) is 0 Å². The van der Waals surface area contributed by atoms with Crippen molar-refractivity contribution in [2.75, 3.05) is 0 Å². The Bertz CT molecular complexity index is 356. The Hall–Kier alpha value is -1.34. The molecule has 0 aliphatic heterocycles. The summed E-state index contributed by atoms with van der Waals surface area (Å²) in [5.74, 6) is 0. The fourth-order valence-electron chi connectivity index (χ4n) is 1.69. The molecule has 0 atom stereocenters. The summed E-state index contributed by atoms with van der Waals surface area (Å²) in [5, 5.41) is 16.4. The van der Waals surface area contributed by atoms with E-state index >= 15 is 0 Å². The average Bonchev–Trinajstić information content (AvgIpc) is 2.51. The van der Waals surface area contributed by atoms with Gasteiger partial charge in [0.15, 0.2) is 0 Å². The Morgan fingerprint density at radius 2 is 2.50 bits per heavy atom. The predicted octanol–water partition coefficient (Wildman–Crippen LogP) is 0.956. The lowest BCUT2D eigenvalue weighted by molar-refractivity contribution is 0.250. The van der Waals surface area contributed by atoms with Crippen molar-refractivity contribution in [3.63, 3.8) is 0 Å². The lowest BCUT2D eigenvalue weighted by atomic mass is 9.78. The molecule has 1 aliphatic carbocycles. The normalized spacial score (nSPS) is 18.6. The first-order chi connectivity index (χ1) is 6.76. The molecule has 14 heavy (non-hydrogen) atoms. The molecule has 1 N–H and O–H groups in total. The summed E-state index contributed by atoms with van der Waals surface area (Å²) < 4.78 is 1.83. The van der Waals surface area contributed by atoms with Gasteiger partial charge >= 0.3 is 0 Å². The summed E-state index contributed by atoms with van der Waals surface area (Å²) in [4.78, 5) is 0. The fraction of sp³-hybridized carbons (Fsp3) is 0.600. The molecule has 4 nitrogen and oxygen atoms in total. The summed E-state index contributed by atoms with van der Waals surface area (Å²) in [5.41, 5.74) is 0.858. The third kappa shape index (κ3) is 1.51. The van der Waals surface area contributed by atoms with Crippen LogP contribution in [0.1, 0.15) is 25.0 Å². The zero-order chi connectivity index (χ0) is 10.0. The van der Waals surface area contributed by atoms with Gasteiger partial charge in [0.2, 0.25) is 0 Å². The van der Waals surface area contributed by atoms with Gasteiger partial charge in [0.1, 0.15) is 5.54 Å². The van der Waals surface area contributed by atoms with Crippen molar-refractivity contribution < 1.29 is 0 Å². The SMILES string of the molecule is Cn1nccc1CNC1(C#N)CCC1.